The van der Waals surface area contributed by atoms with Crippen molar-refractivity contribution in [3.63, 3.8) is 0 Å². The van der Waals surface area contributed by atoms with E-state index in [1.54, 1.807) is 36.1 Å². The van der Waals surface area contributed by atoms with Crippen molar-refractivity contribution in [3.8, 4) is 0 Å². The molecule has 23 heavy (non-hydrogen) atoms. The first kappa shape index (κ1) is 19.2. The highest BCUT2D eigenvalue weighted by Crippen LogP contribution is 2.19. The molecule has 0 heterocycles. The third-order valence-electron chi connectivity index (χ3n) is 3.25. The summed E-state index contributed by atoms with van der Waals surface area (Å²) in [6.45, 7) is 9.18. The maximum absolute atomic E-state index is 12.8. The third kappa shape index (κ3) is 6.82. The van der Waals surface area contributed by atoms with Crippen molar-refractivity contribution in [2.75, 3.05) is 25.0 Å². The lowest BCUT2D eigenvalue weighted by atomic mass is 9.95. The number of aliphatic hydroxyl groups is 1. The SMILES string of the molecule is CCC(=O)Nc1cccc(C(=O)N(CCCO)CC(C)(C)C)c1. The molecule has 0 aliphatic heterocycles. The first-order valence-corrected chi connectivity index (χ1v) is 8.07. The molecule has 0 atom stereocenters. The quantitative estimate of drug-likeness (QED) is 0.811. The second kappa shape index (κ2) is 8.67. The van der Waals surface area contributed by atoms with Crippen LogP contribution in [0.1, 0.15) is 50.9 Å². The average Bonchev–Trinajstić information content (AvgIpc) is 2.49. The van der Waals surface area contributed by atoms with Gasteiger partial charge in [0.05, 0.1) is 0 Å². The van der Waals surface area contributed by atoms with E-state index in [9.17, 15) is 9.59 Å². The summed E-state index contributed by atoms with van der Waals surface area (Å²) >= 11 is 0. The molecule has 2 amide bonds. The van der Waals surface area contributed by atoms with Crippen LogP contribution in [0, 0.1) is 5.41 Å². The number of hydrogen-bond acceptors (Lipinski definition) is 3. The summed E-state index contributed by atoms with van der Waals surface area (Å²) < 4.78 is 0. The molecule has 0 aromatic heterocycles. The number of rotatable bonds is 7. The van der Waals surface area contributed by atoms with Crippen molar-refractivity contribution >= 4 is 17.5 Å². The van der Waals surface area contributed by atoms with Crippen LogP contribution in [-0.2, 0) is 4.79 Å². The maximum atomic E-state index is 12.8. The van der Waals surface area contributed by atoms with Crippen molar-refractivity contribution in [1.82, 2.24) is 4.90 Å². The Kier molecular flexibility index (Phi) is 7.23. The highest BCUT2D eigenvalue weighted by molar-refractivity contribution is 5.97. The Morgan fingerprint density at radius 2 is 1.96 bits per heavy atom. The first-order chi connectivity index (χ1) is 10.8. The summed E-state index contributed by atoms with van der Waals surface area (Å²) in [5.74, 6) is -0.164. The summed E-state index contributed by atoms with van der Waals surface area (Å²) in [6.07, 6.45) is 0.943. The van der Waals surface area contributed by atoms with Crippen LogP contribution >= 0.6 is 0 Å². The fourth-order valence-electron chi connectivity index (χ4n) is 2.25. The van der Waals surface area contributed by atoms with Gasteiger partial charge in [-0.3, -0.25) is 9.59 Å². The van der Waals surface area contributed by atoms with E-state index in [2.05, 4.69) is 26.1 Å². The Labute approximate surface area is 138 Å². The fraction of sp³-hybridized carbons (Fsp3) is 0.556. The largest absolute Gasteiger partial charge is 0.396 e. The molecule has 0 bridgehead atoms. The molecule has 0 aliphatic carbocycles. The molecular weight excluding hydrogens is 292 g/mol. The molecule has 5 nitrogen and oxygen atoms in total. The van der Waals surface area contributed by atoms with E-state index in [1.807, 2.05) is 0 Å². The molecule has 0 saturated heterocycles. The lowest BCUT2D eigenvalue weighted by Gasteiger charge is -2.30. The summed E-state index contributed by atoms with van der Waals surface area (Å²) in [4.78, 5) is 26.0. The third-order valence-corrected chi connectivity index (χ3v) is 3.25. The highest BCUT2D eigenvalue weighted by Gasteiger charge is 2.22. The van der Waals surface area contributed by atoms with Crippen LogP contribution in [0.4, 0.5) is 5.69 Å². The molecule has 0 radical (unpaired) electrons. The van der Waals surface area contributed by atoms with E-state index >= 15 is 0 Å². The van der Waals surface area contributed by atoms with Gasteiger partial charge in [-0.2, -0.15) is 0 Å². The smallest absolute Gasteiger partial charge is 0.253 e. The summed E-state index contributed by atoms with van der Waals surface area (Å²) in [5, 5.41) is 11.8. The van der Waals surface area contributed by atoms with E-state index < -0.39 is 0 Å². The van der Waals surface area contributed by atoms with Gasteiger partial charge in [0.1, 0.15) is 0 Å². The van der Waals surface area contributed by atoms with Crippen LogP contribution in [0.25, 0.3) is 0 Å². The van der Waals surface area contributed by atoms with Crippen molar-refractivity contribution in [3.05, 3.63) is 29.8 Å². The number of carbonyl (C=O) groups excluding carboxylic acids is 2. The molecule has 1 aromatic carbocycles. The van der Waals surface area contributed by atoms with E-state index in [4.69, 9.17) is 5.11 Å². The van der Waals surface area contributed by atoms with Crippen LogP contribution in [0.2, 0.25) is 0 Å². The number of hydrogen-bond donors (Lipinski definition) is 2. The molecule has 1 rings (SSSR count). The minimum absolute atomic E-state index is 0.0286. The minimum atomic E-state index is -0.0824. The second-order valence-corrected chi connectivity index (χ2v) is 6.85. The van der Waals surface area contributed by atoms with Gasteiger partial charge in [-0.15, -0.1) is 0 Å². The predicted octanol–water partition coefficient (Wildman–Crippen LogP) is 2.91. The Bertz CT molecular complexity index is 535. The highest BCUT2D eigenvalue weighted by atomic mass is 16.3. The van der Waals surface area contributed by atoms with Gasteiger partial charge in [-0.1, -0.05) is 33.8 Å². The summed E-state index contributed by atoms with van der Waals surface area (Å²) in [5.41, 5.74) is 1.14. The maximum Gasteiger partial charge on any atom is 0.253 e. The molecular formula is C18H28N2O3. The number of aliphatic hydroxyl groups excluding tert-OH is 1. The predicted molar refractivity (Wildman–Crippen MR) is 92.4 cm³/mol. The average molecular weight is 320 g/mol. The number of benzene rings is 1. The van der Waals surface area contributed by atoms with Crippen molar-refractivity contribution in [2.45, 2.75) is 40.5 Å². The van der Waals surface area contributed by atoms with Gasteiger partial charge in [0.15, 0.2) is 0 Å². The Morgan fingerprint density at radius 3 is 2.52 bits per heavy atom. The van der Waals surface area contributed by atoms with Gasteiger partial charge >= 0.3 is 0 Å². The van der Waals surface area contributed by atoms with E-state index in [1.165, 1.54) is 0 Å². The number of carbonyl (C=O) groups is 2. The summed E-state index contributed by atoms with van der Waals surface area (Å²) in [7, 11) is 0. The molecule has 1 aromatic rings. The van der Waals surface area contributed by atoms with Gasteiger partial charge < -0.3 is 15.3 Å². The zero-order valence-electron chi connectivity index (χ0n) is 14.6. The lowest BCUT2D eigenvalue weighted by Crippen LogP contribution is -2.38. The lowest BCUT2D eigenvalue weighted by molar-refractivity contribution is -0.115. The molecule has 0 spiro atoms. The Hall–Kier alpha value is -1.88. The Morgan fingerprint density at radius 1 is 1.26 bits per heavy atom. The standard InChI is InChI=1S/C18H28N2O3/c1-5-16(22)19-15-9-6-8-14(12-15)17(23)20(10-7-11-21)13-18(2,3)4/h6,8-9,12,21H,5,7,10-11,13H2,1-4H3,(H,19,22). The zero-order chi connectivity index (χ0) is 17.5. The van der Waals surface area contributed by atoms with Gasteiger partial charge in [0, 0.05) is 37.4 Å². The van der Waals surface area contributed by atoms with Crippen LogP contribution in [-0.4, -0.2) is 41.5 Å². The first-order valence-electron chi connectivity index (χ1n) is 8.07. The van der Waals surface area contributed by atoms with Gasteiger partial charge in [0.2, 0.25) is 5.91 Å². The van der Waals surface area contributed by atoms with Crippen LogP contribution in [0.15, 0.2) is 24.3 Å². The zero-order valence-corrected chi connectivity index (χ0v) is 14.6. The van der Waals surface area contributed by atoms with Crippen molar-refractivity contribution in [2.24, 2.45) is 5.41 Å². The molecule has 0 unspecified atom stereocenters. The number of nitrogens with zero attached hydrogens (tertiary/aromatic N) is 1. The molecule has 0 saturated carbocycles. The molecule has 2 N–H and O–H groups in total. The minimum Gasteiger partial charge on any atom is -0.396 e. The van der Waals surface area contributed by atoms with Crippen molar-refractivity contribution in [1.29, 1.82) is 0 Å². The number of nitrogens with one attached hydrogen (secondary N) is 1. The fourth-order valence-corrected chi connectivity index (χ4v) is 2.25. The topological polar surface area (TPSA) is 69.6 Å². The number of amides is 2. The molecule has 128 valence electrons. The van der Waals surface area contributed by atoms with E-state index in [0.717, 1.165) is 0 Å². The van der Waals surface area contributed by atoms with Gasteiger partial charge in [-0.05, 0) is 30.0 Å². The van der Waals surface area contributed by atoms with E-state index in [0.29, 0.717) is 37.2 Å². The van der Waals surface area contributed by atoms with Crippen LogP contribution in [0.3, 0.4) is 0 Å². The van der Waals surface area contributed by atoms with Crippen LogP contribution < -0.4 is 5.32 Å². The normalized spacial score (nSPS) is 11.2. The second-order valence-electron chi connectivity index (χ2n) is 6.85. The van der Waals surface area contributed by atoms with Gasteiger partial charge in [0.25, 0.3) is 5.91 Å². The monoisotopic (exact) mass is 320 g/mol. The number of anilines is 1. The van der Waals surface area contributed by atoms with Crippen molar-refractivity contribution < 1.29 is 14.7 Å². The molecule has 5 heteroatoms. The summed E-state index contributed by atoms with van der Waals surface area (Å²) in [6, 6.07) is 6.98. The molecule has 0 aliphatic rings. The van der Waals surface area contributed by atoms with E-state index in [-0.39, 0.29) is 23.8 Å². The van der Waals surface area contributed by atoms with Crippen LogP contribution in [0.5, 0.6) is 0 Å². The van der Waals surface area contributed by atoms with Gasteiger partial charge in [-0.25, -0.2) is 0 Å². The molecule has 0 fully saturated rings. The Balaban J connectivity index is 2.93.